The van der Waals surface area contributed by atoms with Crippen LogP contribution in [0.2, 0.25) is 0 Å². The van der Waals surface area contributed by atoms with Gasteiger partial charge in [0.2, 0.25) is 0 Å². The fourth-order valence-corrected chi connectivity index (χ4v) is 2.81. The van der Waals surface area contributed by atoms with Crippen LogP contribution in [0.15, 0.2) is 18.2 Å². The van der Waals surface area contributed by atoms with Crippen molar-refractivity contribution in [2.24, 2.45) is 0 Å². The number of aliphatic carboxylic acids is 1. The van der Waals surface area contributed by atoms with Crippen molar-refractivity contribution in [3.05, 3.63) is 35.4 Å². The van der Waals surface area contributed by atoms with Gasteiger partial charge in [0.05, 0.1) is 6.54 Å². The van der Waals surface area contributed by atoms with Crippen molar-refractivity contribution in [2.45, 2.75) is 50.5 Å². The first-order chi connectivity index (χ1) is 11.0. The number of hydrogen-bond donors (Lipinski definition) is 1. The van der Waals surface area contributed by atoms with Gasteiger partial charge in [-0.15, -0.1) is 0 Å². The van der Waals surface area contributed by atoms with Crippen molar-refractivity contribution in [1.29, 1.82) is 0 Å². The van der Waals surface area contributed by atoms with Gasteiger partial charge in [-0.05, 0) is 37.8 Å². The summed E-state index contributed by atoms with van der Waals surface area (Å²) < 4.78 is 32.9. The van der Waals surface area contributed by atoms with Gasteiger partial charge >= 0.3 is 5.97 Å². The molecule has 23 heavy (non-hydrogen) atoms. The quantitative estimate of drug-likeness (QED) is 0.900. The lowest BCUT2D eigenvalue weighted by molar-refractivity contribution is -0.155. The van der Waals surface area contributed by atoms with Gasteiger partial charge in [0.1, 0.15) is 17.7 Å². The van der Waals surface area contributed by atoms with Crippen LogP contribution in [0, 0.1) is 11.6 Å². The van der Waals surface area contributed by atoms with Crippen molar-refractivity contribution in [2.75, 3.05) is 0 Å². The minimum atomic E-state index is -1.10. The molecule has 1 saturated carbocycles. The lowest BCUT2D eigenvalue weighted by Gasteiger charge is -2.26. The SMILES string of the molecule is O=C(O)[C@H]1CC[C@@H](C(=O)N(Cc2c(F)cccc2F)C2CC2)O1. The largest absolute Gasteiger partial charge is 0.479 e. The van der Waals surface area contributed by atoms with E-state index in [1.165, 1.54) is 11.0 Å². The zero-order chi connectivity index (χ0) is 16.6. The number of carbonyl (C=O) groups is 2. The molecule has 1 amide bonds. The van der Waals surface area contributed by atoms with Crippen LogP contribution >= 0.6 is 0 Å². The van der Waals surface area contributed by atoms with E-state index in [1.807, 2.05) is 0 Å². The molecule has 1 saturated heterocycles. The molecule has 2 aliphatic rings. The molecular weight excluding hydrogens is 308 g/mol. The Morgan fingerprint density at radius 3 is 2.26 bits per heavy atom. The lowest BCUT2D eigenvalue weighted by atomic mass is 10.1. The van der Waals surface area contributed by atoms with Crippen molar-refractivity contribution in [3.8, 4) is 0 Å². The molecule has 7 heteroatoms. The van der Waals surface area contributed by atoms with E-state index in [4.69, 9.17) is 9.84 Å². The normalized spacial score (nSPS) is 23.7. The van der Waals surface area contributed by atoms with E-state index in [0.717, 1.165) is 25.0 Å². The first-order valence-corrected chi connectivity index (χ1v) is 7.59. The summed E-state index contributed by atoms with van der Waals surface area (Å²) in [4.78, 5) is 24.9. The molecule has 0 spiro atoms. The van der Waals surface area contributed by atoms with E-state index in [2.05, 4.69) is 0 Å². The summed E-state index contributed by atoms with van der Waals surface area (Å²) in [6, 6.07) is 3.52. The van der Waals surface area contributed by atoms with Crippen molar-refractivity contribution in [1.82, 2.24) is 4.90 Å². The summed E-state index contributed by atoms with van der Waals surface area (Å²) in [6.45, 7) is -0.167. The number of ether oxygens (including phenoxy) is 1. The second-order valence-electron chi connectivity index (χ2n) is 5.93. The average molecular weight is 325 g/mol. The minimum absolute atomic E-state index is 0.0611. The Morgan fingerprint density at radius 1 is 1.13 bits per heavy atom. The van der Waals surface area contributed by atoms with Gasteiger partial charge in [-0.2, -0.15) is 0 Å². The van der Waals surface area contributed by atoms with Crippen LogP contribution in [-0.2, 0) is 20.9 Å². The van der Waals surface area contributed by atoms with Crippen LogP contribution < -0.4 is 0 Å². The van der Waals surface area contributed by atoms with Crippen molar-refractivity contribution in [3.63, 3.8) is 0 Å². The Labute approximate surface area is 131 Å². The summed E-state index contributed by atoms with van der Waals surface area (Å²) in [6.07, 6.45) is 0.270. The molecule has 124 valence electrons. The Hall–Kier alpha value is -2.02. The Morgan fingerprint density at radius 2 is 1.74 bits per heavy atom. The molecule has 0 bridgehead atoms. The molecule has 1 N–H and O–H groups in total. The predicted octanol–water partition coefficient (Wildman–Crippen LogP) is 2.09. The number of carboxylic acids is 1. The standard InChI is InChI=1S/C16H17F2NO4/c17-11-2-1-3-12(18)10(11)8-19(9-4-5-9)15(20)13-6-7-14(23-13)16(21)22/h1-3,9,13-14H,4-8H2,(H,21,22)/t13-,14+/m0/s1. The van der Waals surface area contributed by atoms with Gasteiger partial charge in [-0.25, -0.2) is 13.6 Å². The molecular formula is C16H17F2NO4. The van der Waals surface area contributed by atoms with Gasteiger partial charge in [0, 0.05) is 11.6 Å². The van der Waals surface area contributed by atoms with Gasteiger partial charge in [-0.3, -0.25) is 4.79 Å². The van der Waals surface area contributed by atoms with Crippen LogP contribution in [0.3, 0.4) is 0 Å². The molecule has 0 aromatic heterocycles. The summed E-state index contributed by atoms with van der Waals surface area (Å²) >= 11 is 0. The Bertz CT molecular complexity index is 612. The topological polar surface area (TPSA) is 66.8 Å². The number of benzene rings is 1. The molecule has 1 aliphatic heterocycles. The van der Waals surface area contributed by atoms with Gasteiger partial charge in [0.25, 0.3) is 5.91 Å². The average Bonchev–Trinajstić information content (AvgIpc) is 3.21. The summed E-state index contributed by atoms with van der Waals surface area (Å²) in [5.41, 5.74) is -0.152. The minimum Gasteiger partial charge on any atom is -0.479 e. The van der Waals surface area contributed by atoms with Gasteiger partial charge in [-0.1, -0.05) is 6.07 Å². The highest BCUT2D eigenvalue weighted by Gasteiger charge is 2.41. The molecule has 2 fully saturated rings. The fourth-order valence-electron chi connectivity index (χ4n) is 2.81. The number of hydrogen-bond acceptors (Lipinski definition) is 3. The maximum absolute atomic E-state index is 13.8. The van der Waals surface area contributed by atoms with Gasteiger partial charge < -0.3 is 14.7 Å². The molecule has 5 nitrogen and oxygen atoms in total. The highest BCUT2D eigenvalue weighted by Crippen LogP contribution is 2.32. The summed E-state index contributed by atoms with van der Waals surface area (Å²) in [5.74, 6) is -2.88. The maximum atomic E-state index is 13.8. The van der Waals surface area contributed by atoms with Crippen LogP contribution in [0.4, 0.5) is 8.78 Å². The van der Waals surface area contributed by atoms with Crippen LogP contribution in [0.25, 0.3) is 0 Å². The second-order valence-corrected chi connectivity index (χ2v) is 5.93. The third-order valence-corrected chi connectivity index (χ3v) is 4.23. The van der Waals surface area contributed by atoms with E-state index in [9.17, 15) is 18.4 Å². The smallest absolute Gasteiger partial charge is 0.332 e. The molecule has 1 aromatic rings. The molecule has 0 unspecified atom stereocenters. The monoisotopic (exact) mass is 325 g/mol. The van der Waals surface area contributed by atoms with Crippen LogP contribution in [-0.4, -0.2) is 40.1 Å². The highest BCUT2D eigenvalue weighted by molar-refractivity contribution is 5.83. The number of nitrogens with zero attached hydrogens (tertiary/aromatic N) is 1. The zero-order valence-electron chi connectivity index (χ0n) is 12.4. The van der Waals surface area contributed by atoms with E-state index < -0.39 is 29.8 Å². The highest BCUT2D eigenvalue weighted by atomic mass is 19.1. The van der Waals surface area contributed by atoms with Crippen molar-refractivity contribution >= 4 is 11.9 Å². The number of rotatable bonds is 5. The molecule has 2 atom stereocenters. The van der Waals surface area contributed by atoms with Crippen LogP contribution in [0.1, 0.15) is 31.2 Å². The molecule has 1 aliphatic carbocycles. The van der Waals surface area contributed by atoms with E-state index in [1.54, 1.807) is 0 Å². The first kappa shape index (κ1) is 15.9. The third kappa shape index (κ3) is 3.34. The number of amides is 1. The lowest BCUT2D eigenvalue weighted by Crippen LogP contribution is -2.41. The summed E-state index contributed by atoms with van der Waals surface area (Å²) in [7, 11) is 0. The summed E-state index contributed by atoms with van der Waals surface area (Å²) in [5, 5.41) is 8.93. The second kappa shape index (κ2) is 6.23. The van der Waals surface area contributed by atoms with E-state index in [0.29, 0.717) is 6.42 Å². The Kier molecular flexibility index (Phi) is 4.30. The van der Waals surface area contributed by atoms with E-state index in [-0.39, 0.29) is 30.5 Å². The molecule has 1 aromatic carbocycles. The first-order valence-electron chi connectivity index (χ1n) is 7.59. The number of carboxylic acid groups (broad SMARTS) is 1. The molecule has 1 heterocycles. The van der Waals surface area contributed by atoms with E-state index >= 15 is 0 Å². The molecule has 3 rings (SSSR count). The number of carbonyl (C=O) groups excluding carboxylic acids is 1. The fraction of sp³-hybridized carbons (Fsp3) is 0.500. The predicted molar refractivity (Wildman–Crippen MR) is 75.5 cm³/mol. The van der Waals surface area contributed by atoms with Gasteiger partial charge in [0.15, 0.2) is 6.10 Å². The molecule has 0 radical (unpaired) electrons. The number of halogens is 2. The maximum Gasteiger partial charge on any atom is 0.332 e. The third-order valence-electron chi connectivity index (χ3n) is 4.23. The van der Waals surface area contributed by atoms with Crippen molar-refractivity contribution < 1.29 is 28.2 Å². The Balaban J connectivity index is 1.75. The van der Waals surface area contributed by atoms with Crippen LogP contribution in [0.5, 0.6) is 0 Å². The zero-order valence-corrected chi connectivity index (χ0v) is 12.4.